The number of hydrogen-bond acceptors (Lipinski definition) is 4. The van der Waals surface area contributed by atoms with Crippen molar-refractivity contribution in [1.29, 1.82) is 0 Å². The van der Waals surface area contributed by atoms with E-state index in [4.69, 9.17) is 5.73 Å². The van der Waals surface area contributed by atoms with Gasteiger partial charge in [0.05, 0.1) is 5.69 Å². The van der Waals surface area contributed by atoms with Crippen molar-refractivity contribution in [3.63, 3.8) is 0 Å². The molecule has 4 rings (SSSR count). The van der Waals surface area contributed by atoms with E-state index in [1.165, 1.54) is 12.1 Å². The Kier molecular flexibility index (Phi) is 5.35. The molecule has 0 aliphatic carbocycles. The standard InChI is InChI=1S/C23H19N5O3/c24-21(30)18(14-5-2-1-3-6-14)11-15-13-26-22-20(15)19(9-10-25-22)28-23(31)27-16-7-4-8-17(29)12-16/h1-13,29H,(H2,24,30)(H3,25,26,27,28,31)/b18-11+. The molecule has 31 heavy (non-hydrogen) atoms. The quantitative estimate of drug-likeness (QED) is 0.317. The molecule has 0 saturated carbocycles. The number of anilines is 2. The van der Waals surface area contributed by atoms with Gasteiger partial charge >= 0.3 is 6.03 Å². The van der Waals surface area contributed by atoms with Crippen LogP contribution in [0.1, 0.15) is 11.1 Å². The van der Waals surface area contributed by atoms with Crippen molar-refractivity contribution in [2.45, 2.75) is 0 Å². The first-order valence-electron chi connectivity index (χ1n) is 9.41. The molecule has 0 bridgehead atoms. The molecule has 3 amide bonds. The number of pyridine rings is 1. The van der Waals surface area contributed by atoms with Crippen LogP contribution in [0.15, 0.2) is 73.1 Å². The Morgan fingerprint density at radius 1 is 1.03 bits per heavy atom. The second-order valence-corrected chi connectivity index (χ2v) is 6.74. The molecule has 154 valence electrons. The van der Waals surface area contributed by atoms with Crippen molar-refractivity contribution < 1.29 is 14.7 Å². The smallest absolute Gasteiger partial charge is 0.323 e. The van der Waals surface area contributed by atoms with Crippen molar-refractivity contribution in [2.75, 3.05) is 10.6 Å². The predicted molar refractivity (Wildman–Crippen MR) is 120 cm³/mol. The van der Waals surface area contributed by atoms with E-state index >= 15 is 0 Å². The van der Waals surface area contributed by atoms with Gasteiger partial charge in [-0.25, -0.2) is 9.78 Å². The van der Waals surface area contributed by atoms with Crippen molar-refractivity contribution in [1.82, 2.24) is 9.97 Å². The van der Waals surface area contributed by atoms with Crippen LogP contribution in [0.5, 0.6) is 5.75 Å². The summed E-state index contributed by atoms with van der Waals surface area (Å²) in [5, 5.41) is 15.6. The van der Waals surface area contributed by atoms with E-state index in [9.17, 15) is 14.7 Å². The van der Waals surface area contributed by atoms with Gasteiger partial charge in [0.15, 0.2) is 0 Å². The third kappa shape index (κ3) is 4.38. The number of carbonyl (C=O) groups is 2. The molecule has 6 N–H and O–H groups in total. The Hall–Kier alpha value is -4.59. The number of carbonyl (C=O) groups excluding carboxylic acids is 2. The molecule has 8 heteroatoms. The van der Waals surface area contributed by atoms with Gasteiger partial charge in [-0.05, 0) is 29.8 Å². The van der Waals surface area contributed by atoms with E-state index < -0.39 is 11.9 Å². The maximum Gasteiger partial charge on any atom is 0.323 e. The fourth-order valence-corrected chi connectivity index (χ4v) is 3.24. The summed E-state index contributed by atoms with van der Waals surface area (Å²) in [4.78, 5) is 31.9. The molecule has 2 aromatic heterocycles. The first-order chi connectivity index (χ1) is 15.0. The molecular formula is C23H19N5O3. The lowest BCUT2D eigenvalue weighted by atomic mass is 10.0. The molecule has 8 nitrogen and oxygen atoms in total. The molecule has 0 unspecified atom stereocenters. The van der Waals surface area contributed by atoms with E-state index in [0.29, 0.717) is 39.1 Å². The normalized spacial score (nSPS) is 11.3. The Morgan fingerprint density at radius 3 is 2.58 bits per heavy atom. The number of urea groups is 1. The summed E-state index contributed by atoms with van der Waals surface area (Å²) in [7, 11) is 0. The first-order valence-corrected chi connectivity index (χ1v) is 9.41. The zero-order valence-corrected chi connectivity index (χ0v) is 16.3. The van der Waals surface area contributed by atoms with Crippen LogP contribution >= 0.6 is 0 Å². The minimum atomic E-state index is -0.569. The molecule has 0 aliphatic rings. The minimum Gasteiger partial charge on any atom is -0.508 e. The van der Waals surface area contributed by atoms with Crippen molar-refractivity contribution in [3.8, 4) is 5.75 Å². The number of fused-ring (bicyclic) bond motifs is 1. The summed E-state index contributed by atoms with van der Waals surface area (Å²) in [6, 6.07) is 16.5. The summed E-state index contributed by atoms with van der Waals surface area (Å²) >= 11 is 0. The Labute approximate surface area is 177 Å². The number of primary amides is 1. The van der Waals surface area contributed by atoms with Crippen LogP contribution in [-0.2, 0) is 4.79 Å². The fraction of sp³-hybridized carbons (Fsp3) is 0. The van der Waals surface area contributed by atoms with E-state index in [0.717, 1.165) is 0 Å². The number of amides is 3. The zero-order chi connectivity index (χ0) is 21.8. The summed E-state index contributed by atoms with van der Waals surface area (Å²) < 4.78 is 0. The van der Waals surface area contributed by atoms with E-state index in [1.807, 2.05) is 18.2 Å². The summed E-state index contributed by atoms with van der Waals surface area (Å²) in [6.45, 7) is 0. The number of nitrogens with zero attached hydrogens (tertiary/aromatic N) is 1. The number of nitrogens with two attached hydrogens (primary N) is 1. The van der Waals surface area contributed by atoms with Crippen LogP contribution in [0.3, 0.4) is 0 Å². The number of phenolic OH excluding ortho intramolecular Hbond substituents is 1. The number of aromatic hydroxyl groups is 1. The first kappa shape index (κ1) is 19.7. The lowest BCUT2D eigenvalue weighted by molar-refractivity contribution is -0.112. The number of aromatic amines is 1. The monoisotopic (exact) mass is 413 g/mol. The zero-order valence-electron chi connectivity index (χ0n) is 16.3. The van der Waals surface area contributed by atoms with Gasteiger partial charge < -0.3 is 26.5 Å². The number of hydrogen-bond donors (Lipinski definition) is 5. The van der Waals surface area contributed by atoms with Gasteiger partial charge in [-0.2, -0.15) is 0 Å². The van der Waals surface area contributed by atoms with Gasteiger partial charge in [0.1, 0.15) is 11.4 Å². The number of H-pyrrole nitrogens is 1. The third-order valence-corrected chi connectivity index (χ3v) is 4.61. The maximum absolute atomic E-state index is 12.5. The van der Waals surface area contributed by atoms with E-state index in [2.05, 4.69) is 20.6 Å². The molecule has 0 saturated heterocycles. The highest BCUT2D eigenvalue weighted by molar-refractivity contribution is 6.24. The minimum absolute atomic E-state index is 0.0436. The Bertz CT molecular complexity index is 1300. The highest BCUT2D eigenvalue weighted by Crippen LogP contribution is 2.29. The summed E-state index contributed by atoms with van der Waals surface area (Å²) in [6.07, 6.45) is 4.92. The van der Waals surface area contributed by atoms with E-state index in [1.54, 1.807) is 48.8 Å². The highest BCUT2D eigenvalue weighted by Gasteiger charge is 2.14. The number of phenols is 1. The van der Waals surface area contributed by atoms with E-state index in [-0.39, 0.29) is 5.75 Å². The third-order valence-electron chi connectivity index (χ3n) is 4.61. The fourth-order valence-electron chi connectivity index (χ4n) is 3.24. The predicted octanol–water partition coefficient (Wildman–Crippen LogP) is 3.94. The van der Waals surface area contributed by atoms with Gasteiger partial charge in [-0.15, -0.1) is 0 Å². The number of rotatable bonds is 5. The van der Waals surface area contributed by atoms with Gasteiger partial charge in [0.25, 0.3) is 0 Å². The Morgan fingerprint density at radius 2 is 1.84 bits per heavy atom. The average molecular weight is 413 g/mol. The maximum atomic E-state index is 12.5. The number of nitrogens with one attached hydrogen (secondary N) is 3. The molecule has 2 aromatic carbocycles. The molecule has 0 aliphatic heterocycles. The van der Waals surface area contributed by atoms with Crippen LogP contribution in [0, 0.1) is 0 Å². The van der Waals surface area contributed by atoms with Crippen molar-refractivity contribution >= 4 is 46.0 Å². The van der Waals surface area contributed by atoms with Gasteiger partial charge in [0.2, 0.25) is 5.91 Å². The molecule has 0 atom stereocenters. The van der Waals surface area contributed by atoms with Crippen LogP contribution in [0.2, 0.25) is 0 Å². The largest absolute Gasteiger partial charge is 0.508 e. The lowest BCUT2D eigenvalue weighted by Gasteiger charge is -2.10. The molecule has 0 radical (unpaired) electrons. The topological polar surface area (TPSA) is 133 Å². The second-order valence-electron chi connectivity index (χ2n) is 6.74. The SMILES string of the molecule is NC(=O)/C(=C/c1c[nH]c2nccc(NC(=O)Nc3cccc(O)c3)c12)c1ccccc1. The van der Waals surface area contributed by atoms with Crippen molar-refractivity contribution in [2.24, 2.45) is 5.73 Å². The summed E-state index contributed by atoms with van der Waals surface area (Å²) in [5.74, 6) is -0.525. The van der Waals surface area contributed by atoms with Gasteiger partial charge in [-0.3, -0.25) is 4.79 Å². The second kappa shape index (κ2) is 8.42. The number of aromatic nitrogens is 2. The lowest BCUT2D eigenvalue weighted by Crippen LogP contribution is -2.19. The summed E-state index contributed by atoms with van der Waals surface area (Å²) in [5.41, 5.74) is 8.75. The van der Waals surface area contributed by atoms with Gasteiger partial charge in [0, 0.05) is 40.7 Å². The van der Waals surface area contributed by atoms with Crippen LogP contribution in [0.4, 0.5) is 16.2 Å². The average Bonchev–Trinajstić information content (AvgIpc) is 3.16. The molecule has 0 fully saturated rings. The molecule has 0 spiro atoms. The molecule has 2 heterocycles. The highest BCUT2D eigenvalue weighted by atomic mass is 16.3. The van der Waals surface area contributed by atoms with Crippen LogP contribution in [-0.4, -0.2) is 27.0 Å². The number of benzene rings is 2. The van der Waals surface area contributed by atoms with Crippen LogP contribution in [0.25, 0.3) is 22.7 Å². The van der Waals surface area contributed by atoms with Gasteiger partial charge in [-0.1, -0.05) is 36.4 Å². The Balaban J connectivity index is 1.69. The molecule has 4 aromatic rings. The molecular weight excluding hydrogens is 394 g/mol. The van der Waals surface area contributed by atoms with Crippen LogP contribution < -0.4 is 16.4 Å². The van der Waals surface area contributed by atoms with Crippen molar-refractivity contribution in [3.05, 3.63) is 84.2 Å².